The van der Waals surface area contributed by atoms with E-state index in [1.165, 1.54) is 0 Å². The highest BCUT2D eigenvalue weighted by Crippen LogP contribution is 2.18. The van der Waals surface area contributed by atoms with Crippen molar-refractivity contribution < 1.29 is 14.6 Å². The van der Waals surface area contributed by atoms with Crippen LogP contribution < -0.4 is 0 Å². The average Bonchev–Trinajstić information content (AvgIpc) is 2.40. The van der Waals surface area contributed by atoms with Gasteiger partial charge in [-0.1, -0.05) is 0 Å². The molecule has 0 aromatic heterocycles. The van der Waals surface area contributed by atoms with Gasteiger partial charge in [0.15, 0.2) is 0 Å². The van der Waals surface area contributed by atoms with Gasteiger partial charge in [-0.3, -0.25) is 9.69 Å². The van der Waals surface area contributed by atoms with Gasteiger partial charge >= 0.3 is 0 Å². The van der Waals surface area contributed by atoms with Crippen LogP contribution in [-0.4, -0.2) is 97.9 Å². The number of β-amino-alcohol motifs (C(OH)–C–C–N with tert-alkyl or cyclic N) is 1. The van der Waals surface area contributed by atoms with Crippen molar-refractivity contribution in [3.8, 4) is 0 Å². The number of hydrogen-bond donors (Lipinski definition) is 1. The molecule has 116 valence electrons. The van der Waals surface area contributed by atoms with Gasteiger partial charge in [-0.05, 0) is 19.9 Å². The van der Waals surface area contributed by atoms with Crippen molar-refractivity contribution in [3.63, 3.8) is 0 Å². The number of methoxy groups -OCH3 is 1. The van der Waals surface area contributed by atoms with E-state index in [0.29, 0.717) is 25.7 Å². The third kappa shape index (κ3) is 4.15. The van der Waals surface area contributed by atoms with E-state index in [1.54, 1.807) is 7.11 Å². The summed E-state index contributed by atoms with van der Waals surface area (Å²) in [5.41, 5.74) is 0. The third-order valence-electron chi connectivity index (χ3n) is 4.27. The standard InChI is InChI=1S/C14H27N3O3/c1-15-7-8-17(14(19)10-15)12-3-5-16(6-4-12)9-13(18)11-20-2/h12-13,18H,3-11H2,1-2H3/t13-/m0/s1. The lowest BCUT2D eigenvalue weighted by Crippen LogP contribution is -2.55. The minimum Gasteiger partial charge on any atom is -0.389 e. The molecule has 0 bridgehead atoms. The largest absolute Gasteiger partial charge is 0.389 e. The first-order valence-electron chi connectivity index (χ1n) is 7.47. The molecule has 2 heterocycles. The molecule has 0 spiro atoms. The first kappa shape index (κ1) is 15.7. The minimum absolute atomic E-state index is 0.261. The van der Waals surface area contributed by atoms with Crippen LogP contribution in [0.15, 0.2) is 0 Å². The van der Waals surface area contributed by atoms with E-state index in [1.807, 2.05) is 7.05 Å². The van der Waals surface area contributed by atoms with E-state index in [9.17, 15) is 9.90 Å². The molecule has 0 saturated carbocycles. The number of rotatable bonds is 5. The Balaban J connectivity index is 1.75. The van der Waals surface area contributed by atoms with Crippen molar-refractivity contribution in [1.82, 2.24) is 14.7 Å². The summed E-state index contributed by atoms with van der Waals surface area (Å²) in [7, 11) is 3.60. The Morgan fingerprint density at radius 2 is 2.00 bits per heavy atom. The van der Waals surface area contributed by atoms with Crippen LogP contribution in [0.3, 0.4) is 0 Å². The molecule has 2 fully saturated rings. The number of piperazine rings is 1. The van der Waals surface area contributed by atoms with Crippen molar-refractivity contribution in [2.75, 3.05) is 60.0 Å². The summed E-state index contributed by atoms with van der Waals surface area (Å²) in [5, 5.41) is 9.75. The summed E-state index contributed by atoms with van der Waals surface area (Å²) < 4.78 is 4.95. The first-order chi connectivity index (χ1) is 9.60. The number of carbonyl (C=O) groups is 1. The molecule has 1 N–H and O–H groups in total. The second-order valence-electron chi connectivity index (χ2n) is 5.97. The highest BCUT2D eigenvalue weighted by Gasteiger charge is 2.31. The van der Waals surface area contributed by atoms with Crippen LogP contribution in [0.5, 0.6) is 0 Å². The lowest BCUT2D eigenvalue weighted by molar-refractivity contribution is -0.139. The molecule has 0 aromatic rings. The Bertz CT molecular complexity index is 319. The molecule has 0 aromatic carbocycles. The van der Waals surface area contributed by atoms with E-state index in [2.05, 4.69) is 14.7 Å². The van der Waals surface area contributed by atoms with Crippen molar-refractivity contribution in [2.45, 2.75) is 25.0 Å². The van der Waals surface area contributed by atoms with E-state index in [4.69, 9.17) is 4.74 Å². The number of likely N-dealkylation sites (tertiary alicyclic amines) is 1. The zero-order valence-corrected chi connectivity index (χ0v) is 12.6. The molecule has 6 heteroatoms. The summed E-state index contributed by atoms with van der Waals surface area (Å²) in [6.07, 6.45) is 1.60. The molecular weight excluding hydrogens is 258 g/mol. The van der Waals surface area contributed by atoms with Gasteiger partial charge in [0.25, 0.3) is 0 Å². The predicted molar refractivity (Wildman–Crippen MR) is 76.6 cm³/mol. The molecule has 0 unspecified atom stereocenters. The Labute approximate surface area is 121 Å². The molecule has 6 nitrogen and oxygen atoms in total. The summed E-state index contributed by atoms with van der Waals surface area (Å²) in [5.74, 6) is 0.261. The lowest BCUT2D eigenvalue weighted by Gasteiger charge is -2.42. The fourth-order valence-corrected chi connectivity index (χ4v) is 3.15. The maximum atomic E-state index is 12.1. The molecule has 20 heavy (non-hydrogen) atoms. The number of amides is 1. The summed E-state index contributed by atoms with van der Waals surface area (Å²) in [6.45, 7) is 5.32. The van der Waals surface area contributed by atoms with E-state index >= 15 is 0 Å². The van der Waals surface area contributed by atoms with Crippen LogP contribution in [0.2, 0.25) is 0 Å². The zero-order chi connectivity index (χ0) is 14.5. The zero-order valence-electron chi connectivity index (χ0n) is 12.6. The smallest absolute Gasteiger partial charge is 0.237 e. The molecule has 1 amide bonds. The first-order valence-corrected chi connectivity index (χ1v) is 7.47. The predicted octanol–water partition coefficient (Wildman–Crippen LogP) is -0.768. The maximum Gasteiger partial charge on any atom is 0.237 e. The van der Waals surface area contributed by atoms with Crippen LogP contribution in [-0.2, 0) is 9.53 Å². The third-order valence-corrected chi connectivity index (χ3v) is 4.27. The number of aliphatic hydroxyl groups excluding tert-OH is 1. The van der Waals surface area contributed by atoms with Crippen LogP contribution in [0.1, 0.15) is 12.8 Å². The fourth-order valence-electron chi connectivity index (χ4n) is 3.15. The van der Waals surface area contributed by atoms with Gasteiger partial charge in [0, 0.05) is 45.9 Å². The van der Waals surface area contributed by atoms with Crippen molar-refractivity contribution >= 4 is 5.91 Å². The molecular formula is C14H27N3O3. The minimum atomic E-state index is -0.415. The normalized spacial score (nSPS) is 25.1. The van der Waals surface area contributed by atoms with Gasteiger partial charge in [-0.15, -0.1) is 0 Å². The molecule has 2 rings (SSSR count). The van der Waals surface area contributed by atoms with Crippen molar-refractivity contribution in [3.05, 3.63) is 0 Å². The molecule has 2 aliphatic rings. The fraction of sp³-hybridized carbons (Fsp3) is 0.929. The number of carbonyl (C=O) groups excluding carboxylic acids is 1. The Kier molecular flexibility index (Phi) is 5.77. The van der Waals surface area contributed by atoms with Crippen molar-refractivity contribution in [1.29, 1.82) is 0 Å². The highest BCUT2D eigenvalue weighted by molar-refractivity contribution is 5.79. The lowest BCUT2D eigenvalue weighted by atomic mass is 10.0. The number of aliphatic hydroxyl groups is 1. The number of piperidine rings is 1. The van der Waals surface area contributed by atoms with Crippen molar-refractivity contribution in [2.24, 2.45) is 0 Å². The second kappa shape index (κ2) is 7.36. The van der Waals surface area contributed by atoms with E-state index in [-0.39, 0.29) is 5.91 Å². The summed E-state index contributed by atoms with van der Waals surface area (Å²) in [6, 6.07) is 0.381. The van der Waals surface area contributed by atoms with Gasteiger partial charge in [0.1, 0.15) is 0 Å². The van der Waals surface area contributed by atoms with E-state index < -0.39 is 6.10 Å². The van der Waals surface area contributed by atoms with Crippen LogP contribution >= 0.6 is 0 Å². The van der Waals surface area contributed by atoms with Gasteiger partial charge in [-0.25, -0.2) is 0 Å². The second-order valence-corrected chi connectivity index (χ2v) is 5.97. The van der Waals surface area contributed by atoms with Gasteiger partial charge < -0.3 is 19.6 Å². The Morgan fingerprint density at radius 3 is 2.60 bits per heavy atom. The number of ether oxygens (including phenoxy) is 1. The van der Waals surface area contributed by atoms with Crippen LogP contribution in [0.25, 0.3) is 0 Å². The Morgan fingerprint density at radius 1 is 1.30 bits per heavy atom. The quantitative estimate of drug-likeness (QED) is 0.719. The maximum absolute atomic E-state index is 12.1. The van der Waals surface area contributed by atoms with Crippen LogP contribution in [0.4, 0.5) is 0 Å². The summed E-state index contributed by atoms with van der Waals surface area (Å²) in [4.78, 5) is 18.5. The molecule has 0 radical (unpaired) electrons. The molecule has 2 aliphatic heterocycles. The molecule has 0 aliphatic carbocycles. The van der Waals surface area contributed by atoms with Crippen LogP contribution in [0, 0.1) is 0 Å². The SMILES string of the molecule is COC[C@@H](O)CN1CCC(N2CCN(C)CC2=O)CC1. The summed E-state index contributed by atoms with van der Waals surface area (Å²) >= 11 is 0. The van der Waals surface area contributed by atoms with Gasteiger partial charge in [0.2, 0.25) is 5.91 Å². The number of likely N-dealkylation sites (N-methyl/N-ethyl adjacent to an activating group) is 1. The highest BCUT2D eigenvalue weighted by atomic mass is 16.5. The molecule has 1 atom stereocenters. The Hall–Kier alpha value is -0.690. The topological polar surface area (TPSA) is 56.3 Å². The molecule has 2 saturated heterocycles. The number of nitrogens with zero attached hydrogens (tertiary/aromatic N) is 3. The van der Waals surface area contributed by atoms with Gasteiger partial charge in [-0.2, -0.15) is 0 Å². The average molecular weight is 285 g/mol. The monoisotopic (exact) mass is 285 g/mol. The van der Waals surface area contributed by atoms with Gasteiger partial charge in [0.05, 0.1) is 19.3 Å². The number of hydrogen-bond acceptors (Lipinski definition) is 5. The van der Waals surface area contributed by atoms with E-state index in [0.717, 1.165) is 39.0 Å².